The van der Waals surface area contributed by atoms with E-state index in [4.69, 9.17) is 22.1 Å². The van der Waals surface area contributed by atoms with Gasteiger partial charge in [-0.25, -0.2) is 8.42 Å². The summed E-state index contributed by atoms with van der Waals surface area (Å²) in [6.07, 6.45) is 1.39. The highest BCUT2D eigenvalue weighted by molar-refractivity contribution is 7.91. The number of nitrogens with two attached hydrogens (primary N) is 1. The Morgan fingerprint density at radius 3 is 2.71 bits per heavy atom. The Hall–Kier alpha value is 0.110. The summed E-state index contributed by atoms with van der Waals surface area (Å²) in [6, 6.07) is 1.40. The van der Waals surface area contributed by atoms with E-state index in [2.05, 4.69) is 0 Å². The molecule has 0 radical (unpaired) electrons. The van der Waals surface area contributed by atoms with Gasteiger partial charge in [0.15, 0.2) is 0 Å². The lowest BCUT2D eigenvalue weighted by Gasteiger charge is -2.37. The van der Waals surface area contributed by atoms with Crippen LogP contribution in [0.5, 0.6) is 0 Å². The summed E-state index contributed by atoms with van der Waals surface area (Å²) in [5, 5.41) is 0. The largest absolute Gasteiger partial charge is 0.381 e. The molecule has 2 atom stereocenters. The number of ether oxygens (including phenoxy) is 1. The smallest absolute Gasteiger partial charge is 0.252 e. The quantitative estimate of drug-likeness (QED) is 0.876. The molecule has 1 aromatic rings. The molecule has 122 valence electrons. The molecule has 1 saturated heterocycles. The first-order valence-electron chi connectivity index (χ1n) is 6.40. The van der Waals surface area contributed by atoms with E-state index in [0.29, 0.717) is 23.7 Å². The number of piperidine rings is 1. The Labute approximate surface area is 140 Å². The second-order valence-corrected chi connectivity index (χ2v) is 8.68. The highest BCUT2D eigenvalue weighted by atomic mass is 35.5. The van der Waals surface area contributed by atoms with Gasteiger partial charge in [0.05, 0.1) is 10.4 Å². The Bertz CT molecular complexity index is 558. The first-order valence-corrected chi connectivity index (χ1v) is 9.04. The summed E-state index contributed by atoms with van der Waals surface area (Å²) in [7, 11) is -1.88. The van der Waals surface area contributed by atoms with Crippen molar-refractivity contribution in [1.29, 1.82) is 0 Å². The summed E-state index contributed by atoms with van der Waals surface area (Å²) < 4.78 is 33.0. The summed E-state index contributed by atoms with van der Waals surface area (Å²) in [4.78, 5) is 0. The number of hydrogen-bond donors (Lipinski definition) is 1. The van der Waals surface area contributed by atoms with Crippen LogP contribution in [0.3, 0.4) is 0 Å². The molecule has 1 aromatic heterocycles. The summed E-state index contributed by atoms with van der Waals surface area (Å²) in [6.45, 7) is 2.52. The number of rotatable bonds is 4. The Balaban J connectivity index is 0.00000220. The molecule has 1 aliphatic heterocycles. The van der Waals surface area contributed by atoms with E-state index in [1.807, 2.05) is 0 Å². The van der Waals surface area contributed by atoms with Crippen molar-refractivity contribution in [2.75, 3.05) is 20.2 Å². The Kier molecular flexibility index (Phi) is 6.92. The molecule has 0 aromatic carbocycles. The van der Waals surface area contributed by atoms with Crippen LogP contribution in [0, 0.1) is 6.92 Å². The van der Waals surface area contributed by atoms with Gasteiger partial charge in [-0.15, -0.1) is 23.7 Å². The first-order chi connectivity index (χ1) is 9.40. The third kappa shape index (κ3) is 3.90. The highest BCUT2D eigenvalue weighted by Gasteiger charge is 2.37. The van der Waals surface area contributed by atoms with Crippen molar-refractivity contribution in [3.8, 4) is 0 Å². The maximum atomic E-state index is 12.7. The van der Waals surface area contributed by atoms with Crippen molar-refractivity contribution in [3.05, 3.63) is 16.0 Å². The van der Waals surface area contributed by atoms with Crippen LogP contribution in [-0.2, 0) is 14.8 Å². The fourth-order valence-corrected chi connectivity index (χ4v) is 5.91. The lowest BCUT2D eigenvalue weighted by Crippen LogP contribution is -2.50. The van der Waals surface area contributed by atoms with Crippen LogP contribution in [0.4, 0.5) is 0 Å². The molecule has 2 unspecified atom stereocenters. The van der Waals surface area contributed by atoms with Gasteiger partial charge < -0.3 is 10.5 Å². The van der Waals surface area contributed by atoms with E-state index in [1.54, 1.807) is 20.1 Å². The molecule has 1 fully saturated rings. The molecule has 0 amide bonds. The zero-order valence-corrected chi connectivity index (χ0v) is 15.1. The van der Waals surface area contributed by atoms with Gasteiger partial charge in [0.25, 0.3) is 10.0 Å². The van der Waals surface area contributed by atoms with E-state index >= 15 is 0 Å². The number of methoxy groups -OCH3 is 1. The Morgan fingerprint density at radius 1 is 1.57 bits per heavy atom. The molecule has 1 aliphatic rings. The molecule has 5 nitrogen and oxygen atoms in total. The van der Waals surface area contributed by atoms with Crippen LogP contribution in [0.15, 0.2) is 10.3 Å². The van der Waals surface area contributed by atoms with Crippen LogP contribution in [-0.4, -0.2) is 45.1 Å². The lowest BCUT2D eigenvalue weighted by atomic mass is 10.0. The minimum absolute atomic E-state index is 0. The molecular formula is C12H20Cl2N2O3S2. The van der Waals surface area contributed by atoms with Gasteiger partial charge in [-0.2, -0.15) is 4.31 Å². The van der Waals surface area contributed by atoms with Gasteiger partial charge >= 0.3 is 0 Å². The number of sulfonamides is 1. The van der Waals surface area contributed by atoms with Crippen LogP contribution < -0.4 is 5.73 Å². The second kappa shape index (κ2) is 7.59. The summed E-state index contributed by atoms with van der Waals surface area (Å²) in [5.74, 6) is 0. The number of aryl methyl sites for hydroxylation is 1. The topological polar surface area (TPSA) is 72.6 Å². The van der Waals surface area contributed by atoms with E-state index in [-0.39, 0.29) is 35.3 Å². The third-order valence-corrected chi connectivity index (χ3v) is 7.57. The van der Waals surface area contributed by atoms with Crippen molar-refractivity contribution >= 4 is 45.4 Å². The van der Waals surface area contributed by atoms with Gasteiger partial charge in [0.2, 0.25) is 0 Å². The number of nitrogens with zero attached hydrogens (tertiary/aromatic N) is 1. The van der Waals surface area contributed by atoms with Gasteiger partial charge in [0.1, 0.15) is 4.21 Å². The Morgan fingerprint density at radius 2 is 2.24 bits per heavy atom. The standard InChI is InChI=1S/C12H19ClN2O3S2.ClH/c1-8-5-11(19-12(8)13)20(16,17)15-4-3-10(18-2)6-9(15)7-14;/h5,9-10H,3-4,6-7,14H2,1-2H3;1H. The molecular weight excluding hydrogens is 355 g/mol. The highest BCUT2D eigenvalue weighted by Crippen LogP contribution is 2.34. The number of thiophene rings is 1. The average molecular weight is 375 g/mol. The molecule has 2 rings (SSSR count). The predicted molar refractivity (Wildman–Crippen MR) is 88.1 cm³/mol. The van der Waals surface area contributed by atoms with Crippen molar-refractivity contribution < 1.29 is 13.2 Å². The maximum absolute atomic E-state index is 12.7. The predicted octanol–water partition coefficient (Wildman–Crippen LogP) is 2.26. The first kappa shape index (κ1) is 19.2. The average Bonchev–Trinajstić information content (AvgIpc) is 2.78. The zero-order chi connectivity index (χ0) is 14.9. The van der Waals surface area contributed by atoms with Crippen molar-refractivity contribution in [2.24, 2.45) is 5.73 Å². The SMILES string of the molecule is COC1CCN(S(=O)(=O)c2cc(C)c(Cl)s2)C(CN)C1.Cl. The molecule has 0 aliphatic carbocycles. The molecule has 2 heterocycles. The van der Waals surface area contributed by atoms with Crippen LogP contribution >= 0.6 is 35.3 Å². The van der Waals surface area contributed by atoms with E-state index in [0.717, 1.165) is 16.9 Å². The molecule has 21 heavy (non-hydrogen) atoms. The molecule has 0 bridgehead atoms. The fraction of sp³-hybridized carbons (Fsp3) is 0.667. The van der Waals surface area contributed by atoms with Gasteiger partial charge in [-0.05, 0) is 31.4 Å². The van der Waals surface area contributed by atoms with E-state index < -0.39 is 10.0 Å². The van der Waals surface area contributed by atoms with Crippen molar-refractivity contribution in [3.63, 3.8) is 0 Å². The molecule has 9 heteroatoms. The lowest BCUT2D eigenvalue weighted by molar-refractivity contribution is 0.0402. The monoisotopic (exact) mass is 374 g/mol. The fourth-order valence-electron chi connectivity index (χ4n) is 2.41. The van der Waals surface area contributed by atoms with Crippen LogP contribution in [0.1, 0.15) is 18.4 Å². The van der Waals surface area contributed by atoms with Gasteiger partial charge in [-0.3, -0.25) is 0 Å². The van der Waals surface area contributed by atoms with Crippen LogP contribution in [0.25, 0.3) is 0 Å². The summed E-state index contributed by atoms with van der Waals surface area (Å²) in [5.41, 5.74) is 6.52. The van der Waals surface area contributed by atoms with E-state index in [1.165, 1.54) is 4.31 Å². The number of hydrogen-bond acceptors (Lipinski definition) is 5. The zero-order valence-electron chi connectivity index (χ0n) is 11.9. The molecule has 2 N–H and O–H groups in total. The summed E-state index contributed by atoms with van der Waals surface area (Å²) >= 11 is 7.08. The molecule has 0 saturated carbocycles. The minimum Gasteiger partial charge on any atom is -0.381 e. The normalized spacial score (nSPS) is 23.8. The second-order valence-electron chi connectivity index (χ2n) is 4.91. The van der Waals surface area contributed by atoms with Crippen molar-refractivity contribution in [2.45, 2.75) is 36.1 Å². The van der Waals surface area contributed by atoms with Gasteiger partial charge in [-0.1, -0.05) is 11.6 Å². The van der Waals surface area contributed by atoms with Crippen LogP contribution in [0.2, 0.25) is 4.34 Å². The van der Waals surface area contributed by atoms with Crippen molar-refractivity contribution in [1.82, 2.24) is 4.31 Å². The molecule has 0 spiro atoms. The minimum atomic E-state index is -3.52. The maximum Gasteiger partial charge on any atom is 0.252 e. The van der Waals surface area contributed by atoms with E-state index in [9.17, 15) is 8.42 Å². The third-order valence-electron chi connectivity index (χ3n) is 3.62. The number of halogens is 2. The van der Waals surface area contributed by atoms with Gasteiger partial charge in [0, 0.05) is 26.2 Å².